The molecule has 6 heteroatoms. The molecule has 0 radical (unpaired) electrons. The molecule has 2 N–H and O–H groups in total. The number of aryl methyl sites for hydroxylation is 1. The molecule has 0 saturated heterocycles. The third kappa shape index (κ3) is 4.21. The minimum absolute atomic E-state index is 0.106. The van der Waals surface area contributed by atoms with Crippen LogP contribution in [0, 0.1) is 6.92 Å². The van der Waals surface area contributed by atoms with E-state index in [1.54, 1.807) is 19.2 Å². The lowest BCUT2D eigenvalue weighted by molar-refractivity contribution is -0.118. The highest BCUT2D eigenvalue weighted by Gasteiger charge is 2.09. The molecule has 0 aliphatic carbocycles. The summed E-state index contributed by atoms with van der Waals surface area (Å²) in [5, 5.41) is 2.83. The second kappa shape index (κ2) is 8.06. The lowest BCUT2D eigenvalue weighted by Gasteiger charge is -2.10. The van der Waals surface area contributed by atoms with E-state index in [0.717, 1.165) is 22.4 Å². The van der Waals surface area contributed by atoms with Crippen molar-refractivity contribution in [2.45, 2.75) is 6.92 Å². The third-order valence-corrected chi connectivity index (χ3v) is 4.51. The molecule has 1 heterocycles. The monoisotopic (exact) mass is 387 g/mol. The number of rotatable bonds is 6. The van der Waals surface area contributed by atoms with Crippen LogP contribution in [0.3, 0.4) is 0 Å². The van der Waals surface area contributed by atoms with Gasteiger partial charge in [0.15, 0.2) is 18.1 Å². The van der Waals surface area contributed by atoms with Crippen molar-refractivity contribution in [2.75, 3.05) is 19.0 Å². The summed E-state index contributed by atoms with van der Waals surface area (Å²) >= 11 is 0. The molecule has 0 aliphatic heterocycles. The largest absolute Gasteiger partial charge is 0.493 e. The minimum Gasteiger partial charge on any atom is -0.493 e. The number of carbonyl (C=O) groups is 1. The Bertz CT molecular complexity index is 1150. The van der Waals surface area contributed by atoms with E-state index in [-0.39, 0.29) is 12.5 Å². The smallest absolute Gasteiger partial charge is 0.262 e. The normalized spacial score (nSPS) is 10.7. The zero-order chi connectivity index (χ0) is 20.2. The van der Waals surface area contributed by atoms with Gasteiger partial charge in [0, 0.05) is 11.3 Å². The highest BCUT2D eigenvalue weighted by Crippen LogP contribution is 2.26. The number of nitrogens with one attached hydrogen (secondary N) is 2. The first-order valence-corrected chi connectivity index (χ1v) is 9.25. The topological polar surface area (TPSA) is 76.2 Å². The number of fused-ring (bicyclic) bond motifs is 1. The molecule has 4 rings (SSSR count). The van der Waals surface area contributed by atoms with E-state index in [0.29, 0.717) is 17.2 Å². The Labute approximate surface area is 168 Å². The van der Waals surface area contributed by atoms with Crippen LogP contribution in [0.5, 0.6) is 11.5 Å². The minimum atomic E-state index is -0.247. The highest BCUT2D eigenvalue weighted by atomic mass is 16.5. The molecule has 0 aliphatic rings. The number of methoxy groups -OCH3 is 1. The van der Waals surface area contributed by atoms with Crippen molar-refractivity contribution in [2.24, 2.45) is 0 Å². The number of aromatic amines is 1. The number of H-pyrrole nitrogens is 1. The van der Waals surface area contributed by atoms with Crippen LogP contribution in [0.1, 0.15) is 5.56 Å². The predicted molar refractivity (Wildman–Crippen MR) is 113 cm³/mol. The lowest BCUT2D eigenvalue weighted by Crippen LogP contribution is -2.20. The number of imidazole rings is 1. The highest BCUT2D eigenvalue weighted by molar-refractivity contribution is 5.92. The fourth-order valence-electron chi connectivity index (χ4n) is 3.04. The van der Waals surface area contributed by atoms with Crippen LogP contribution in [-0.4, -0.2) is 29.6 Å². The molecule has 4 aromatic rings. The summed E-state index contributed by atoms with van der Waals surface area (Å²) in [5.41, 5.74) is 4.74. The van der Waals surface area contributed by atoms with Crippen LogP contribution in [0.4, 0.5) is 5.69 Å². The fourth-order valence-corrected chi connectivity index (χ4v) is 3.04. The van der Waals surface area contributed by atoms with Gasteiger partial charge in [0.25, 0.3) is 5.91 Å². The molecule has 0 fully saturated rings. The van der Waals surface area contributed by atoms with Crippen LogP contribution < -0.4 is 14.8 Å². The van der Waals surface area contributed by atoms with E-state index >= 15 is 0 Å². The standard InChI is InChI=1S/C23H21N3O3/c1-15-7-12-18-19(13-15)26-23(25-18)16-8-10-17(11-9-16)24-22(27)14-29-21-6-4-3-5-20(21)28-2/h3-13H,14H2,1-2H3,(H,24,27)(H,25,26). The average Bonchev–Trinajstić information content (AvgIpc) is 3.16. The van der Waals surface area contributed by atoms with Gasteiger partial charge in [-0.15, -0.1) is 0 Å². The van der Waals surface area contributed by atoms with Crippen LogP contribution in [0.2, 0.25) is 0 Å². The molecule has 146 valence electrons. The summed E-state index contributed by atoms with van der Waals surface area (Å²) in [6.07, 6.45) is 0. The molecule has 0 atom stereocenters. The van der Waals surface area contributed by atoms with Crippen molar-refractivity contribution in [3.05, 3.63) is 72.3 Å². The second-order valence-electron chi connectivity index (χ2n) is 6.67. The Morgan fingerprint density at radius 2 is 1.79 bits per heavy atom. The van der Waals surface area contributed by atoms with E-state index in [4.69, 9.17) is 9.47 Å². The van der Waals surface area contributed by atoms with Gasteiger partial charge in [0.2, 0.25) is 0 Å². The molecule has 0 unspecified atom stereocenters. The third-order valence-electron chi connectivity index (χ3n) is 4.51. The SMILES string of the molecule is COc1ccccc1OCC(=O)Nc1ccc(-c2nc3cc(C)ccc3[nH]2)cc1. The van der Waals surface area contributed by atoms with Gasteiger partial charge < -0.3 is 19.8 Å². The molecule has 29 heavy (non-hydrogen) atoms. The van der Waals surface area contributed by atoms with E-state index in [9.17, 15) is 4.79 Å². The van der Waals surface area contributed by atoms with Crippen LogP contribution >= 0.6 is 0 Å². The number of hydrogen-bond acceptors (Lipinski definition) is 4. The predicted octanol–water partition coefficient (Wildman–Crippen LogP) is 4.56. The maximum atomic E-state index is 12.2. The molecular formula is C23H21N3O3. The van der Waals surface area contributed by atoms with Gasteiger partial charge in [-0.2, -0.15) is 0 Å². The molecule has 3 aromatic carbocycles. The second-order valence-corrected chi connectivity index (χ2v) is 6.67. The number of aromatic nitrogens is 2. The summed E-state index contributed by atoms with van der Waals surface area (Å²) in [4.78, 5) is 20.2. The van der Waals surface area contributed by atoms with Gasteiger partial charge in [0.1, 0.15) is 5.82 Å². The maximum Gasteiger partial charge on any atom is 0.262 e. The molecule has 1 aromatic heterocycles. The molecule has 0 bridgehead atoms. The summed E-state index contributed by atoms with van der Waals surface area (Å²) in [6.45, 7) is 1.94. The van der Waals surface area contributed by atoms with Crippen molar-refractivity contribution < 1.29 is 14.3 Å². The number of benzene rings is 3. The number of amides is 1. The van der Waals surface area contributed by atoms with Gasteiger partial charge in [-0.05, 0) is 61.0 Å². The summed E-state index contributed by atoms with van der Waals surface area (Å²) in [7, 11) is 1.56. The molecule has 0 saturated carbocycles. The first-order chi connectivity index (χ1) is 14.1. The van der Waals surface area contributed by atoms with Crippen LogP contribution in [-0.2, 0) is 4.79 Å². The number of hydrogen-bond donors (Lipinski definition) is 2. The summed E-state index contributed by atoms with van der Waals surface area (Å²) in [6, 6.07) is 20.9. The number of anilines is 1. The first-order valence-electron chi connectivity index (χ1n) is 9.25. The van der Waals surface area contributed by atoms with Gasteiger partial charge >= 0.3 is 0 Å². The zero-order valence-corrected chi connectivity index (χ0v) is 16.2. The number of nitrogens with zero attached hydrogens (tertiary/aromatic N) is 1. The van der Waals surface area contributed by atoms with Crippen LogP contribution in [0.15, 0.2) is 66.7 Å². The van der Waals surface area contributed by atoms with Gasteiger partial charge in [-0.1, -0.05) is 18.2 Å². The number of para-hydroxylation sites is 2. The first kappa shape index (κ1) is 18.6. The molecular weight excluding hydrogens is 366 g/mol. The quantitative estimate of drug-likeness (QED) is 0.508. The van der Waals surface area contributed by atoms with Gasteiger partial charge in [0.05, 0.1) is 18.1 Å². The van der Waals surface area contributed by atoms with Gasteiger partial charge in [-0.3, -0.25) is 4.79 Å². The van der Waals surface area contributed by atoms with E-state index in [1.165, 1.54) is 5.56 Å². The van der Waals surface area contributed by atoms with Crippen molar-refractivity contribution in [1.82, 2.24) is 9.97 Å². The van der Waals surface area contributed by atoms with Crippen molar-refractivity contribution >= 4 is 22.6 Å². The van der Waals surface area contributed by atoms with Crippen molar-refractivity contribution in [1.29, 1.82) is 0 Å². The Morgan fingerprint density at radius 3 is 2.55 bits per heavy atom. The number of carbonyl (C=O) groups excluding carboxylic acids is 1. The summed E-state index contributed by atoms with van der Waals surface area (Å²) in [5.74, 6) is 1.66. The lowest BCUT2D eigenvalue weighted by atomic mass is 10.2. The molecule has 1 amide bonds. The Balaban J connectivity index is 1.40. The molecule has 6 nitrogen and oxygen atoms in total. The Kier molecular flexibility index (Phi) is 5.16. The number of ether oxygens (including phenoxy) is 2. The Morgan fingerprint density at radius 1 is 1.03 bits per heavy atom. The van der Waals surface area contributed by atoms with E-state index in [1.807, 2.05) is 55.5 Å². The van der Waals surface area contributed by atoms with Crippen LogP contribution in [0.25, 0.3) is 22.4 Å². The van der Waals surface area contributed by atoms with Crippen molar-refractivity contribution in [3.8, 4) is 22.9 Å². The molecule has 0 spiro atoms. The average molecular weight is 387 g/mol. The van der Waals surface area contributed by atoms with Crippen molar-refractivity contribution in [3.63, 3.8) is 0 Å². The zero-order valence-electron chi connectivity index (χ0n) is 16.2. The fraction of sp³-hybridized carbons (Fsp3) is 0.130. The van der Waals surface area contributed by atoms with E-state index < -0.39 is 0 Å². The van der Waals surface area contributed by atoms with Gasteiger partial charge in [-0.25, -0.2) is 4.98 Å². The van der Waals surface area contributed by atoms with E-state index in [2.05, 4.69) is 21.4 Å². The summed E-state index contributed by atoms with van der Waals surface area (Å²) < 4.78 is 10.8. The maximum absolute atomic E-state index is 12.2. The Hall–Kier alpha value is -3.80.